The lowest BCUT2D eigenvalue weighted by molar-refractivity contribution is -0.0971. The van der Waals surface area contributed by atoms with Gasteiger partial charge in [-0.25, -0.2) is 4.99 Å². The van der Waals surface area contributed by atoms with Crippen LogP contribution in [-0.2, 0) is 11.3 Å². The second kappa shape index (κ2) is 8.06. The zero-order chi connectivity index (χ0) is 12.8. The highest BCUT2D eigenvalue weighted by molar-refractivity contribution is 14.0. The molecule has 1 aliphatic rings. The third-order valence-corrected chi connectivity index (χ3v) is 3.76. The molecule has 0 bridgehead atoms. The van der Waals surface area contributed by atoms with Crippen molar-refractivity contribution in [2.45, 2.75) is 20.4 Å². The Labute approximate surface area is 136 Å². The highest BCUT2D eigenvalue weighted by atomic mass is 127. The molecule has 1 fully saturated rings. The number of ether oxygens (including phenoxy) is 1. The van der Waals surface area contributed by atoms with Gasteiger partial charge in [0, 0.05) is 23.4 Å². The Morgan fingerprint density at radius 3 is 2.79 bits per heavy atom. The molecule has 2 heterocycles. The van der Waals surface area contributed by atoms with E-state index in [1.165, 1.54) is 4.88 Å². The summed E-state index contributed by atoms with van der Waals surface area (Å²) in [6.45, 7) is 8.50. The summed E-state index contributed by atoms with van der Waals surface area (Å²) in [7, 11) is 0. The number of hydrogen-bond acceptors (Lipinski definition) is 3. The third-order valence-electron chi connectivity index (χ3n) is 2.90. The molecule has 4 nitrogen and oxygen atoms in total. The Morgan fingerprint density at radius 1 is 1.47 bits per heavy atom. The van der Waals surface area contributed by atoms with Crippen LogP contribution < -0.4 is 10.6 Å². The van der Waals surface area contributed by atoms with E-state index in [-0.39, 0.29) is 29.4 Å². The zero-order valence-electron chi connectivity index (χ0n) is 11.4. The molecule has 0 radical (unpaired) electrons. The quantitative estimate of drug-likeness (QED) is 0.458. The van der Waals surface area contributed by atoms with Crippen LogP contribution in [0.4, 0.5) is 0 Å². The average molecular weight is 395 g/mol. The van der Waals surface area contributed by atoms with Crippen molar-refractivity contribution in [1.82, 2.24) is 10.6 Å². The fourth-order valence-electron chi connectivity index (χ4n) is 1.75. The molecule has 2 N–H and O–H groups in total. The molecule has 0 spiro atoms. The van der Waals surface area contributed by atoms with Crippen molar-refractivity contribution in [2.24, 2.45) is 10.4 Å². The van der Waals surface area contributed by atoms with Crippen LogP contribution in [0.2, 0.25) is 0 Å². The van der Waals surface area contributed by atoms with E-state index in [4.69, 9.17) is 4.74 Å². The lowest BCUT2D eigenvalue weighted by atomic mass is 9.89. The van der Waals surface area contributed by atoms with E-state index in [0.717, 1.165) is 38.8 Å². The van der Waals surface area contributed by atoms with Crippen molar-refractivity contribution < 1.29 is 4.74 Å². The molecule has 1 saturated heterocycles. The lowest BCUT2D eigenvalue weighted by Gasteiger charge is -2.38. The minimum absolute atomic E-state index is 0. The van der Waals surface area contributed by atoms with Gasteiger partial charge in [-0.3, -0.25) is 0 Å². The molecule has 1 aromatic heterocycles. The van der Waals surface area contributed by atoms with E-state index >= 15 is 0 Å². The zero-order valence-corrected chi connectivity index (χ0v) is 14.6. The topological polar surface area (TPSA) is 45.7 Å². The molecule has 0 atom stereocenters. The molecular weight excluding hydrogens is 373 g/mol. The summed E-state index contributed by atoms with van der Waals surface area (Å²) < 4.78 is 5.25. The molecular formula is C13H22IN3OS. The Hall–Kier alpha value is -0.340. The molecule has 6 heteroatoms. The lowest BCUT2D eigenvalue weighted by Crippen LogP contribution is -2.51. The van der Waals surface area contributed by atoms with E-state index in [0.29, 0.717) is 0 Å². The molecule has 1 aromatic rings. The minimum Gasteiger partial charge on any atom is -0.380 e. The van der Waals surface area contributed by atoms with Gasteiger partial charge >= 0.3 is 0 Å². The number of guanidine groups is 1. The molecule has 2 rings (SSSR count). The number of hydrogen-bond donors (Lipinski definition) is 2. The van der Waals surface area contributed by atoms with Crippen LogP contribution in [-0.4, -0.2) is 32.3 Å². The van der Waals surface area contributed by atoms with Gasteiger partial charge in [0.25, 0.3) is 0 Å². The normalized spacial score (nSPS) is 17.3. The summed E-state index contributed by atoms with van der Waals surface area (Å²) >= 11 is 1.74. The van der Waals surface area contributed by atoms with Gasteiger partial charge in [-0.2, -0.15) is 0 Å². The van der Waals surface area contributed by atoms with Gasteiger partial charge in [0.1, 0.15) is 0 Å². The minimum atomic E-state index is 0. The molecule has 19 heavy (non-hydrogen) atoms. The number of rotatable bonds is 5. The van der Waals surface area contributed by atoms with Crippen LogP contribution in [0.15, 0.2) is 22.5 Å². The van der Waals surface area contributed by atoms with E-state index in [1.54, 1.807) is 11.3 Å². The molecule has 1 aliphatic heterocycles. The summed E-state index contributed by atoms with van der Waals surface area (Å²) in [5, 5.41) is 8.74. The highest BCUT2D eigenvalue weighted by Gasteiger charge is 2.33. The maximum atomic E-state index is 5.25. The fourth-order valence-corrected chi connectivity index (χ4v) is 2.38. The maximum absolute atomic E-state index is 5.25. The summed E-state index contributed by atoms with van der Waals surface area (Å²) in [6, 6.07) is 4.17. The Kier molecular flexibility index (Phi) is 7.09. The van der Waals surface area contributed by atoms with Gasteiger partial charge in [0.2, 0.25) is 0 Å². The molecule has 108 valence electrons. The molecule has 0 unspecified atom stereocenters. The summed E-state index contributed by atoms with van der Waals surface area (Å²) in [5.74, 6) is 0.888. The van der Waals surface area contributed by atoms with E-state index in [2.05, 4.69) is 47.0 Å². The number of thiophene rings is 1. The van der Waals surface area contributed by atoms with Crippen molar-refractivity contribution in [3.05, 3.63) is 22.4 Å². The monoisotopic (exact) mass is 395 g/mol. The second-order valence-corrected chi connectivity index (χ2v) is 5.96. The van der Waals surface area contributed by atoms with E-state index in [9.17, 15) is 0 Å². The van der Waals surface area contributed by atoms with Gasteiger partial charge < -0.3 is 15.4 Å². The Bertz CT molecular complexity index is 391. The van der Waals surface area contributed by atoms with Gasteiger partial charge in [-0.05, 0) is 18.4 Å². The summed E-state index contributed by atoms with van der Waals surface area (Å²) in [6.07, 6.45) is 0. The average Bonchev–Trinajstić information content (AvgIpc) is 2.83. The third kappa shape index (κ3) is 5.27. The molecule has 0 saturated carbocycles. The van der Waals surface area contributed by atoms with Crippen molar-refractivity contribution in [1.29, 1.82) is 0 Å². The van der Waals surface area contributed by atoms with Crippen molar-refractivity contribution in [3.8, 4) is 0 Å². The van der Waals surface area contributed by atoms with Crippen LogP contribution in [0.5, 0.6) is 0 Å². The fraction of sp³-hybridized carbons (Fsp3) is 0.615. The van der Waals surface area contributed by atoms with Crippen LogP contribution in [0.1, 0.15) is 18.7 Å². The molecule has 0 aliphatic carbocycles. The predicted molar refractivity (Wildman–Crippen MR) is 91.5 cm³/mol. The first kappa shape index (κ1) is 16.7. The van der Waals surface area contributed by atoms with Gasteiger partial charge in [0.15, 0.2) is 5.96 Å². The number of aliphatic imine (C=N–C) groups is 1. The second-order valence-electron chi connectivity index (χ2n) is 4.93. The smallest absolute Gasteiger partial charge is 0.191 e. The van der Waals surface area contributed by atoms with E-state index < -0.39 is 0 Å². The van der Waals surface area contributed by atoms with Gasteiger partial charge in [0.05, 0.1) is 19.8 Å². The number of nitrogens with one attached hydrogen (secondary N) is 2. The van der Waals surface area contributed by atoms with E-state index in [1.807, 2.05) is 0 Å². The van der Waals surface area contributed by atoms with Crippen LogP contribution in [0.25, 0.3) is 0 Å². The largest absolute Gasteiger partial charge is 0.380 e. The van der Waals surface area contributed by atoms with Gasteiger partial charge in [-0.15, -0.1) is 35.3 Å². The van der Waals surface area contributed by atoms with Crippen molar-refractivity contribution in [3.63, 3.8) is 0 Å². The summed E-state index contributed by atoms with van der Waals surface area (Å²) in [4.78, 5) is 5.86. The van der Waals surface area contributed by atoms with Crippen LogP contribution >= 0.6 is 35.3 Å². The first-order valence-electron chi connectivity index (χ1n) is 6.34. The first-order chi connectivity index (χ1) is 8.72. The maximum Gasteiger partial charge on any atom is 0.191 e. The summed E-state index contributed by atoms with van der Waals surface area (Å²) in [5.41, 5.74) is 0.263. The van der Waals surface area contributed by atoms with Gasteiger partial charge in [-0.1, -0.05) is 13.0 Å². The Balaban J connectivity index is 0.00000180. The van der Waals surface area contributed by atoms with Crippen molar-refractivity contribution in [2.75, 3.05) is 26.3 Å². The first-order valence-corrected chi connectivity index (χ1v) is 7.22. The van der Waals surface area contributed by atoms with Crippen LogP contribution in [0.3, 0.4) is 0 Å². The Morgan fingerprint density at radius 2 is 2.26 bits per heavy atom. The SMILES string of the molecule is CCNC(=NCc1cccs1)NCC1(C)COC1.I. The highest BCUT2D eigenvalue weighted by Crippen LogP contribution is 2.24. The molecule has 0 amide bonds. The molecule has 0 aromatic carbocycles. The standard InChI is InChI=1S/C13H21N3OS.HI/c1-3-14-12(15-7-11-5-4-6-18-11)16-8-13(2)9-17-10-13;/h4-6H,3,7-10H2,1-2H3,(H2,14,15,16);1H. The van der Waals surface area contributed by atoms with Crippen LogP contribution in [0, 0.1) is 5.41 Å². The predicted octanol–water partition coefficient (Wildman–Crippen LogP) is 2.46. The number of halogens is 1. The number of nitrogens with zero attached hydrogens (tertiary/aromatic N) is 1. The van der Waals surface area contributed by atoms with Crippen molar-refractivity contribution >= 4 is 41.3 Å².